The predicted octanol–water partition coefficient (Wildman–Crippen LogP) is 2.44. The number of likely N-dealkylation sites (tertiary alicyclic amines) is 1. The molecule has 0 radical (unpaired) electrons. The number of nitrogens with zero attached hydrogens (tertiary/aromatic N) is 3. The van der Waals surface area contributed by atoms with Gasteiger partial charge in [-0.3, -0.25) is 9.88 Å². The van der Waals surface area contributed by atoms with Crippen molar-refractivity contribution in [3.63, 3.8) is 0 Å². The Kier molecular flexibility index (Phi) is 3.21. The highest BCUT2D eigenvalue weighted by molar-refractivity contribution is 5.19. The summed E-state index contributed by atoms with van der Waals surface area (Å²) in [7, 11) is 0. The monoisotopic (exact) mass is 215 g/mol. The number of aromatic nitrogens is 1. The van der Waals surface area contributed by atoms with E-state index in [9.17, 15) is 0 Å². The van der Waals surface area contributed by atoms with Gasteiger partial charge in [0.15, 0.2) is 0 Å². The largest absolute Gasteiger partial charge is 0.281 e. The van der Waals surface area contributed by atoms with Crippen LogP contribution < -0.4 is 0 Å². The molecule has 2 atom stereocenters. The van der Waals surface area contributed by atoms with Gasteiger partial charge in [-0.25, -0.2) is 0 Å². The van der Waals surface area contributed by atoms with Gasteiger partial charge in [-0.15, -0.1) is 0 Å². The van der Waals surface area contributed by atoms with Crippen molar-refractivity contribution in [1.82, 2.24) is 9.88 Å². The zero-order valence-corrected chi connectivity index (χ0v) is 9.85. The van der Waals surface area contributed by atoms with Crippen molar-refractivity contribution in [3.05, 3.63) is 29.6 Å². The first-order valence-electron chi connectivity index (χ1n) is 5.80. The van der Waals surface area contributed by atoms with Gasteiger partial charge in [-0.2, -0.15) is 5.26 Å². The molecular formula is C13H17N3. The summed E-state index contributed by atoms with van der Waals surface area (Å²) in [6, 6.07) is 6.87. The summed E-state index contributed by atoms with van der Waals surface area (Å²) in [6.45, 7) is 4.99. The van der Waals surface area contributed by atoms with Crippen molar-refractivity contribution in [1.29, 1.82) is 5.26 Å². The molecule has 16 heavy (non-hydrogen) atoms. The molecule has 1 fully saturated rings. The van der Waals surface area contributed by atoms with Crippen molar-refractivity contribution in [2.75, 3.05) is 6.54 Å². The third kappa shape index (κ3) is 2.07. The molecule has 0 aromatic carbocycles. The number of hydrogen-bond acceptors (Lipinski definition) is 3. The van der Waals surface area contributed by atoms with Gasteiger partial charge in [-0.05, 0) is 38.3 Å². The molecule has 1 aromatic heterocycles. The Morgan fingerprint density at radius 3 is 3.00 bits per heavy atom. The van der Waals surface area contributed by atoms with Gasteiger partial charge in [0.2, 0.25) is 0 Å². The lowest BCUT2D eigenvalue weighted by atomic mass is 10.1. The zero-order chi connectivity index (χ0) is 11.5. The third-order valence-corrected chi connectivity index (χ3v) is 3.30. The molecule has 0 saturated carbocycles. The molecule has 2 rings (SSSR count). The van der Waals surface area contributed by atoms with Gasteiger partial charge in [0.1, 0.15) is 0 Å². The number of nitriles is 1. The molecule has 1 aliphatic rings. The molecule has 3 nitrogen and oxygen atoms in total. The van der Waals surface area contributed by atoms with Crippen LogP contribution in [0.15, 0.2) is 18.3 Å². The Hall–Kier alpha value is -1.40. The summed E-state index contributed by atoms with van der Waals surface area (Å²) < 4.78 is 0. The van der Waals surface area contributed by atoms with Crippen LogP contribution in [0.2, 0.25) is 0 Å². The fraction of sp³-hybridized carbons (Fsp3) is 0.538. The van der Waals surface area contributed by atoms with E-state index in [4.69, 9.17) is 5.26 Å². The number of pyridine rings is 1. The minimum Gasteiger partial charge on any atom is -0.281 e. The highest BCUT2D eigenvalue weighted by Gasteiger charge is 2.29. The molecule has 0 amide bonds. The molecule has 0 bridgehead atoms. The Labute approximate surface area is 96.7 Å². The molecule has 0 N–H and O–H groups in total. The molecule has 84 valence electrons. The van der Waals surface area contributed by atoms with E-state index in [0.717, 1.165) is 18.7 Å². The minimum absolute atomic E-state index is 0.00574. The van der Waals surface area contributed by atoms with Crippen LogP contribution in [0.1, 0.15) is 37.1 Å². The lowest BCUT2D eigenvalue weighted by molar-refractivity contribution is 0.229. The maximum Gasteiger partial charge on any atom is 0.0954 e. The van der Waals surface area contributed by atoms with E-state index in [0.29, 0.717) is 6.04 Å². The van der Waals surface area contributed by atoms with E-state index in [2.05, 4.69) is 22.0 Å². The highest BCUT2D eigenvalue weighted by atomic mass is 15.2. The molecule has 1 saturated heterocycles. The summed E-state index contributed by atoms with van der Waals surface area (Å²) in [5, 5.41) is 9.00. The SMILES string of the molecule is Cc1ccc(C2CCCN2C(C)C#N)cn1. The number of aryl methyl sites for hydroxylation is 1. The van der Waals surface area contributed by atoms with Crippen molar-refractivity contribution < 1.29 is 0 Å². The van der Waals surface area contributed by atoms with Gasteiger partial charge in [0.05, 0.1) is 12.1 Å². The van der Waals surface area contributed by atoms with Crippen molar-refractivity contribution in [3.8, 4) is 6.07 Å². The van der Waals surface area contributed by atoms with Crippen molar-refractivity contribution in [2.24, 2.45) is 0 Å². The van der Waals surface area contributed by atoms with Crippen LogP contribution in [-0.4, -0.2) is 22.5 Å². The fourth-order valence-electron chi connectivity index (χ4n) is 2.36. The van der Waals surface area contributed by atoms with Crippen LogP contribution in [0.5, 0.6) is 0 Å². The Morgan fingerprint density at radius 1 is 1.56 bits per heavy atom. The number of rotatable bonds is 2. The first-order chi connectivity index (χ1) is 7.72. The van der Waals surface area contributed by atoms with Crippen LogP contribution in [0.3, 0.4) is 0 Å². The topological polar surface area (TPSA) is 39.9 Å². The lowest BCUT2D eigenvalue weighted by Crippen LogP contribution is -2.31. The molecule has 1 aliphatic heterocycles. The van der Waals surface area contributed by atoms with Gasteiger partial charge >= 0.3 is 0 Å². The first kappa shape index (κ1) is 11.1. The molecule has 0 spiro atoms. The summed E-state index contributed by atoms with van der Waals surface area (Å²) in [5.74, 6) is 0. The summed E-state index contributed by atoms with van der Waals surface area (Å²) >= 11 is 0. The molecule has 1 aromatic rings. The van der Waals surface area contributed by atoms with Crippen LogP contribution >= 0.6 is 0 Å². The van der Waals surface area contributed by atoms with E-state index in [1.54, 1.807) is 0 Å². The summed E-state index contributed by atoms with van der Waals surface area (Å²) in [4.78, 5) is 6.60. The van der Waals surface area contributed by atoms with Gasteiger partial charge in [0.25, 0.3) is 0 Å². The summed E-state index contributed by atoms with van der Waals surface area (Å²) in [6.07, 6.45) is 4.25. The van der Waals surface area contributed by atoms with E-state index >= 15 is 0 Å². The standard InChI is InChI=1S/C13H17N3/c1-10-5-6-12(9-15-10)13-4-3-7-16(13)11(2)8-14/h5-6,9,11,13H,3-4,7H2,1-2H3. The van der Waals surface area contributed by atoms with E-state index in [-0.39, 0.29) is 6.04 Å². The zero-order valence-electron chi connectivity index (χ0n) is 9.85. The summed E-state index contributed by atoms with van der Waals surface area (Å²) in [5.41, 5.74) is 2.28. The first-order valence-corrected chi connectivity index (χ1v) is 5.80. The maximum atomic E-state index is 9.00. The second kappa shape index (κ2) is 4.63. The Morgan fingerprint density at radius 2 is 2.38 bits per heavy atom. The van der Waals surface area contributed by atoms with E-state index in [1.165, 1.54) is 12.0 Å². The van der Waals surface area contributed by atoms with Gasteiger partial charge < -0.3 is 0 Å². The van der Waals surface area contributed by atoms with Crippen molar-refractivity contribution in [2.45, 2.75) is 38.8 Å². The second-order valence-electron chi connectivity index (χ2n) is 4.43. The molecule has 2 heterocycles. The minimum atomic E-state index is -0.00574. The lowest BCUT2D eigenvalue weighted by Gasteiger charge is -2.26. The average Bonchev–Trinajstić information content (AvgIpc) is 2.78. The molecular weight excluding hydrogens is 198 g/mol. The Balaban J connectivity index is 2.20. The van der Waals surface area contributed by atoms with Gasteiger partial charge in [0, 0.05) is 24.5 Å². The van der Waals surface area contributed by atoms with Crippen LogP contribution in [0.25, 0.3) is 0 Å². The highest BCUT2D eigenvalue weighted by Crippen LogP contribution is 2.32. The quantitative estimate of drug-likeness (QED) is 0.760. The number of hydrogen-bond donors (Lipinski definition) is 0. The normalized spacial score (nSPS) is 22.9. The molecule has 0 aliphatic carbocycles. The maximum absolute atomic E-state index is 9.00. The Bertz CT molecular complexity index is 391. The fourth-order valence-corrected chi connectivity index (χ4v) is 2.36. The predicted molar refractivity (Wildman–Crippen MR) is 62.7 cm³/mol. The third-order valence-electron chi connectivity index (χ3n) is 3.30. The van der Waals surface area contributed by atoms with E-state index in [1.807, 2.05) is 26.1 Å². The van der Waals surface area contributed by atoms with Crippen LogP contribution in [0, 0.1) is 18.3 Å². The van der Waals surface area contributed by atoms with Crippen LogP contribution in [0.4, 0.5) is 0 Å². The van der Waals surface area contributed by atoms with E-state index < -0.39 is 0 Å². The molecule has 2 unspecified atom stereocenters. The second-order valence-corrected chi connectivity index (χ2v) is 4.43. The smallest absolute Gasteiger partial charge is 0.0954 e. The van der Waals surface area contributed by atoms with Crippen LogP contribution in [-0.2, 0) is 0 Å². The molecule has 3 heteroatoms. The van der Waals surface area contributed by atoms with Crippen molar-refractivity contribution >= 4 is 0 Å². The van der Waals surface area contributed by atoms with Gasteiger partial charge in [-0.1, -0.05) is 6.07 Å². The average molecular weight is 215 g/mol.